The minimum atomic E-state index is -0.760. The van der Waals surface area contributed by atoms with Gasteiger partial charge in [-0.1, -0.05) is 5.21 Å². The number of rotatable bonds is 5. The molecule has 2 aromatic rings. The molecule has 0 spiro atoms. The molecular formula is C17H23N5O2. The van der Waals surface area contributed by atoms with Crippen LogP contribution in [0.5, 0.6) is 0 Å². The lowest BCUT2D eigenvalue weighted by molar-refractivity contribution is -0.138. The standard InChI is InChI=1S/C17H23N5O2/c1-11-5-18-6-14(12(11)2)8-22-7-13(4-17(23)24)15(9-22)16-10-21(3)20-19-16/h5-6,10,13,15H,4,7-9H2,1-3H3,(H,23,24)/t13-,15+/m0/s1. The molecule has 0 aliphatic carbocycles. The first-order valence-electron chi connectivity index (χ1n) is 8.14. The van der Waals surface area contributed by atoms with Crippen LogP contribution >= 0.6 is 0 Å². The van der Waals surface area contributed by atoms with Gasteiger partial charge in [-0.25, -0.2) is 0 Å². The number of nitrogens with zero attached hydrogens (tertiary/aromatic N) is 5. The highest BCUT2D eigenvalue weighted by Crippen LogP contribution is 2.34. The van der Waals surface area contributed by atoms with Gasteiger partial charge in [0.25, 0.3) is 0 Å². The normalized spacial score (nSPS) is 21.3. The predicted octanol–water partition coefficient (Wildman–Crippen LogP) is 1.52. The molecule has 1 fully saturated rings. The number of carboxylic acids is 1. The molecule has 1 aliphatic rings. The van der Waals surface area contributed by atoms with Crippen molar-refractivity contribution in [3.8, 4) is 0 Å². The monoisotopic (exact) mass is 329 g/mol. The van der Waals surface area contributed by atoms with E-state index in [1.54, 1.807) is 4.68 Å². The SMILES string of the molecule is Cc1cncc(CN2C[C@H](CC(=O)O)[C@H](c3cn(C)nn3)C2)c1C. The highest BCUT2D eigenvalue weighted by Gasteiger charge is 2.36. The van der Waals surface area contributed by atoms with Crippen LogP contribution in [0.25, 0.3) is 0 Å². The molecule has 3 rings (SSSR count). The molecule has 0 amide bonds. The van der Waals surface area contributed by atoms with Crippen molar-refractivity contribution in [3.63, 3.8) is 0 Å². The Labute approximate surface area is 141 Å². The summed E-state index contributed by atoms with van der Waals surface area (Å²) < 4.78 is 1.67. The third kappa shape index (κ3) is 3.46. The molecule has 0 bridgehead atoms. The molecule has 128 valence electrons. The van der Waals surface area contributed by atoms with Crippen molar-refractivity contribution in [1.82, 2.24) is 24.9 Å². The Hall–Kier alpha value is -2.28. The average molecular weight is 329 g/mol. The van der Waals surface area contributed by atoms with E-state index in [0.717, 1.165) is 25.3 Å². The van der Waals surface area contributed by atoms with Gasteiger partial charge in [-0.05, 0) is 36.5 Å². The number of aryl methyl sites for hydroxylation is 2. The molecule has 1 N–H and O–H groups in total. The Morgan fingerprint density at radius 2 is 2.12 bits per heavy atom. The molecule has 2 aromatic heterocycles. The van der Waals surface area contributed by atoms with Gasteiger partial charge in [-0.2, -0.15) is 0 Å². The molecule has 0 unspecified atom stereocenters. The maximum absolute atomic E-state index is 11.2. The van der Waals surface area contributed by atoms with Crippen molar-refractivity contribution >= 4 is 5.97 Å². The van der Waals surface area contributed by atoms with Crippen LogP contribution in [0, 0.1) is 19.8 Å². The van der Waals surface area contributed by atoms with Crippen molar-refractivity contribution in [2.45, 2.75) is 32.7 Å². The van der Waals surface area contributed by atoms with Crippen molar-refractivity contribution < 1.29 is 9.90 Å². The van der Waals surface area contributed by atoms with E-state index in [1.165, 1.54) is 16.7 Å². The van der Waals surface area contributed by atoms with Gasteiger partial charge in [0.2, 0.25) is 0 Å². The summed E-state index contributed by atoms with van der Waals surface area (Å²) in [7, 11) is 1.83. The molecule has 2 atom stereocenters. The minimum Gasteiger partial charge on any atom is -0.481 e. The zero-order chi connectivity index (χ0) is 17.3. The Bertz CT molecular complexity index is 742. The van der Waals surface area contributed by atoms with Crippen molar-refractivity contribution in [3.05, 3.63) is 41.0 Å². The van der Waals surface area contributed by atoms with Gasteiger partial charge in [-0.15, -0.1) is 5.10 Å². The molecule has 7 heteroatoms. The molecule has 24 heavy (non-hydrogen) atoms. The number of hydrogen-bond acceptors (Lipinski definition) is 5. The Kier molecular flexibility index (Phi) is 4.62. The molecule has 3 heterocycles. The molecule has 1 saturated heterocycles. The lowest BCUT2D eigenvalue weighted by atomic mass is 9.91. The summed E-state index contributed by atoms with van der Waals surface area (Å²) in [5.41, 5.74) is 4.51. The molecule has 7 nitrogen and oxygen atoms in total. The number of pyridine rings is 1. The first-order valence-corrected chi connectivity index (χ1v) is 8.14. The number of likely N-dealkylation sites (tertiary alicyclic amines) is 1. The molecule has 0 saturated carbocycles. The number of aromatic nitrogens is 4. The first kappa shape index (κ1) is 16.6. The second-order valence-electron chi connectivity index (χ2n) is 6.72. The van der Waals surface area contributed by atoms with Gasteiger partial charge < -0.3 is 5.11 Å². The minimum absolute atomic E-state index is 0.0530. The van der Waals surface area contributed by atoms with Crippen LogP contribution in [0.3, 0.4) is 0 Å². The van der Waals surface area contributed by atoms with Crippen LogP contribution in [0.2, 0.25) is 0 Å². The highest BCUT2D eigenvalue weighted by molar-refractivity contribution is 5.67. The summed E-state index contributed by atoms with van der Waals surface area (Å²) in [6.07, 6.45) is 5.83. The maximum atomic E-state index is 11.2. The van der Waals surface area contributed by atoms with Crippen LogP contribution in [0.4, 0.5) is 0 Å². The predicted molar refractivity (Wildman–Crippen MR) is 88.5 cm³/mol. The van der Waals surface area contributed by atoms with E-state index < -0.39 is 5.97 Å². The summed E-state index contributed by atoms with van der Waals surface area (Å²) in [5.74, 6) is -0.603. The third-order valence-corrected chi connectivity index (χ3v) is 4.92. The zero-order valence-electron chi connectivity index (χ0n) is 14.3. The smallest absolute Gasteiger partial charge is 0.303 e. The lowest BCUT2D eigenvalue weighted by Gasteiger charge is -2.17. The molecule has 1 aliphatic heterocycles. The Balaban J connectivity index is 1.78. The van der Waals surface area contributed by atoms with Gasteiger partial charge in [0.15, 0.2) is 0 Å². The molecular weight excluding hydrogens is 306 g/mol. The second kappa shape index (κ2) is 6.68. The summed E-state index contributed by atoms with van der Waals surface area (Å²) in [6, 6.07) is 0. The van der Waals surface area contributed by atoms with E-state index in [9.17, 15) is 9.90 Å². The van der Waals surface area contributed by atoms with Gasteiger partial charge in [0.1, 0.15) is 0 Å². The van der Waals surface area contributed by atoms with E-state index in [1.807, 2.05) is 25.6 Å². The van der Waals surface area contributed by atoms with Gasteiger partial charge in [0.05, 0.1) is 12.1 Å². The summed E-state index contributed by atoms with van der Waals surface area (Å²) in [5, 5.41) is 17.4. The fourth-order valence-corrected chi connectivity index (χ4v) is 3.48. The second-order valence-corrected chi connectivity index (χ2v) is 6.72. The van der Waals surface area contributed by atoms with Crippen molar-refractivity contribution in [2.75, 3.05) is 13.1 Å². The van der Waals surface area contributed by atoms with Crippen LogP contribution < -0.4 is 0 Å². The van der Waals surface area contributed by atoms with Crippen molar-refractivity contribution in [2.24, 2.45) is 13.0 Å². The van der Waals surface area contributed by atoms with Crippen LogP contribution in [0.1, 0.15) is 34.7 Å². The summed E-state index contributed by atoms with van der Waals surface area (Å²) >= 11 is 0. The van der Waals surface area contributed by atoms with Crippen molar-refractivity contribution in [1.29, 1.82) is 0 Å². The number of hydrogen-bond donors (Lipinski definition) is 1. The van der Waals surface area contributed by atoms with E-state index >= 15 is 0 Å². The fourth-order valence-electron chi connectivity index (χ4n) is 3.48. The largest absolute Gasteiger partial charge is 0.481 e. The van der Waals surface area contributed by atoms with E-state index in [0.29, 0.717) is 0 Å². The Morgan fingerprint density at radius 1 is 1.33 bits per heavy atom. The van der Waals surface area contributed by atoms with Crippen LogP contribution in [-0.4, -0.2) is 49.0 Å². The topological polar surface area (TPSA) is 84.1 Å². The van der Waals surface area contributed by atoms with Gasteiger partial charge in [-0.3, -0.25) is 19.4 Å². The fraction of sp³-hybridized carbons (Fsp3) is 0.529. The highest BCUT2D eigenvalue weighted by atomic mass is 16.4. The lowest BCUT2D eigenvalue weighted by Crippen LogP contribution is -2.21. The number of carboxylic acid groups (broad SMARTS) is 1. The van der Waals surface area contributed by atoms with Crippen LogP contribution in [0.15, 0.2) is 18.6 Å². The average Bonchev–Trinajstić information content (AvgIpc) is 3.10. The number of aliphatic carboxylic acids is 1. The third-order valence-electron chi connectivity index (χ3n) is 4.92. The molecule has 0 radical (unpaired) electrons. The van der Waals surface area contributed by atoms with E-state index in [-0.39, 0.29) is 18.3 Å². The summed E-state index contributed by atoms with van der Waals surface area (Å²) in [6.45, 7) is 6.50. The van der Waals surface area contributed by atoms with Gasteiger partial charge >= 0.3 is 5.97 Å². The zero-order valence-corrected chi connectivity index (χ0v) is 14.3. The van der Waals surface area contributed by atoms with E-state index in [4.69, 9.17) is 0 Å². The maximum Gasteiger partial charge on any atom is 0.303 e. The molecule has 0 aromatic carbocycles. The Morgan fingerprint density at radius 3 is 2.79 bits per heavy atom. The van der Waals surface area contributed by atoms with E-state index in [2.05, 4.69) is 34.0 Å². The van der Waals surface area contributed by atoms with Crippen LogP contribution in [-0.2, 0) is 18.4 Å². The quantitative estimate of drug-likeness (QED) is 0.895. The summed E-state index contributed by atoms with van der Waals surface area (Å²) in [4.78, 5) is 17.8. The number of carbonyl (C=O) groups is 1. The first-order chi connectivity index (χ1) is 11.4. The van der Waals surface area contributed by atoms with Gasteiger partial charge in [0, 0.05) is 51.2 Å².